The lowest BCUT2D eigenvalue weighted by Gasteiger charge is -2.35. The predicted molar refractivity (Wildman–Crippen MR) is 87.8 cm³/mol. The summed E-state index contributed by atoms with van der Waals surface area (Å²) in [4.78, 5) is 13.3. The first-order valence-corrected chi connectivity index (χ1v) is 7.34. The maximum Gasteiger partial charge on any atom is 0.320 e. The average molecular weight is 321 g/mol. The number of rotatable bonds is 5. The summed E-state index contributed by atoms with van der Waals surface area (Å²) in [5.41, 5.74) is 2.35. The Hall–Kier alpha value is -2.37. The molecule has 0 aliphatic carbocycles. The van der Waals surface area contributed by atoms with Crippen molar-refractivity contribution in [3.63, 3.8) is 0 Å². The maximum atomic E-state index is 13.1. The van der Waals surface area contributed by atoms with E-state index in [2.05, 4.69) is 23.8 Å². The van der Waals surface area contributed by atoms with Crippen LogP contribution in [0.1, 0.15) is 25.3 Å². The van der Waals surface area contributed by atoms with Crippen LogP contribution in [0.2, 0.25) is 0 Å². The van der Waals surface area contributed by atoms with E-state index in [1.807, 2.05) is 18.0 Å². The third-order valence-electron chi connectivity index (χ3n) is 3.80. The van der Waals surface area contributed by atoms with Crippen LogP contribution >= 0.6 is 0 Å². The molecule has 1 aromatic rings. The minimum absolute atomic E-state index is 0.0402. The molecule has 1 atom stereocenters. The molecular formula is C17H21F2N3O. The Morgan fingerprint density at radius 2 is 2.17 bits per heavy atom. The van der Waals surface area contributed by atoms with Crippen LogP contribution in [0.4, 0.5) is 14.5 Å². The summed E-state index contributed by atoms with van der Waals surface area (Å²) in [6, 6.07) is 3.65. The number of carbonyl (C=O) groups is 1. The maximum absolute atomic E-state index is 13.1. The molecule has 1 unspecified atom stereocenters. The van der Waals surface area contributed by atoms with Crippen LogP contribution in [0.25, 0.3) is 5.70 Å². The van der Waals surface area contributed by atoms with Gasteiger partial charge in [0, 0.05) is 37.5 Å². The summed E-state index contributed by atoms with van der Waals surface area (Å²) in [5, 5.41) is 4.87. The fourth-order valence-corrected chi connectivity index (χ4v) is 2.62. The predicted octanol–water partition coefficient (Wildman–Crippen LogP) is 3.41. The number of nitrogens with zero attached hydrogens (tertiary/aromatic N) is 1. The number of nitrogens with one attached hydrogen (secondary N) is 2. The van der Waals surface area contributed by atoms with Gasteiger partial charge in [-0.1, -0.05) is 25.3 Å². The first-order valence-electron chi connectivity index (χ1n) is 7.34. The zero-order valence-corrected chi connectivity index (χ0v) is 13.3. The number of hydrogen-bond acceptors (Lipinski definition) is 3. The summed E-state index contributed by atoms with van der Waals surface area (Å²) in [6.07, 6.45) is 1.07. The molecule has 1 fully saturated rings. The quantitative estimate of drug-likeness (QED) is 0.817. The monoisotopic (exact) mass is 321 g/mol. The summed E-state index contributed by atoms with van der Waals surface area (Å²) >= 11 is 0. The minimum atomic E-state index is -2.99. The highest BCUT2D eigenvalue weighted by atomic mass is 19.3. The molecule has 6 heteroatoms. The van der Waals surface area contributed by atoms with Crippen LogP contribution in [0, 0.1) is 0 Å². The molecule has 1 heterocycles. The third-order valence-corrected chi connectivity index (χ3v) is 3.80. The summed E-state index contributed by atoms with van der Waals surface area (Å²) in [6.45, 7) is 8.73. The number of benzene rings is 1. The Kier molecular flexibility index (Phi) is 4.73. The number of carbonyl (C=O) groups excluding carboxylic acids is 1. The molecular weight excluding hydrogens is 300 g/mol. The Bertz CT molecular complexity index is 637. The molecule has 1 aliphatic rings. The van der Waals surface area contributed by atoms with Gasteiger partial charge < -0.3 is 15.5 Å². The van der Waals surface area contributed by atoms with Crippen LogP contribution in [0.5, 0.6) is 0 Å². The molecule has 1 saturated heterocycles. The van der Waals surface area contributed by atoms with E-state index in [4.69, 9.17) is 0 Å². The summed E-state index contributed by atoms with van der Waals surface area (Å²) < 4.78 is 26.2. The van der Waals surface area contributed by atoms with Crippen molar-refractivity contribution in [2.75, 3.05) is 12.4 Å². The van der Waals surface area contributed by atoms with Crippen molar-refractivity contribution >= 4 is 17.3 Å². The van der Waals surface area contributed by atoms with E-state index in [9.17, 15) is 13.6 Å². The van der Waals surface area contributed by atoms with E-state index < -0.39 is 6.05 Å². The van der Waals surface area contributed by atoms with E-state index >= 15 is 0 Å². The minimum Gasteiger partial charge on any atom is -0.366 e. The van der Waals surface area contributed by atoms with Gasteiger partial charge in [0.25, 0.3) is 0 Å². The number of anilines is 1. The van der Waals surface area contributed by atoms with Crippen molar-refractivity contribution in [1.82, 2.24) is 10.2 Å². The standard InChI is InChI=1S/C17H21F2N3O/c1-11-15(8-9-16(23)20-11)22(4)12(2)13-6-5-7-14(10-13)21-17(3,18)19/h5-7,10,15,21H,1-2,8-9H2,3-4H3,(H,20,23). The third kappa shape index (κ3) is 4.31. The number of piperidine rings is 1. The molecule has 0 saturated carbocycles. The molecule has 1 aromatic carbocycles. The highest BCUT2D eigenvalue weighted by Gasteiger charge is 2.26. The van der Waals surface area contributed by atoms with Gasteiger partial charge in [0.2, 0.25) is 5.91 Å². The van der Waals surface area contributed by atoms with Gasteiger partial charge in [-0.15, -0.1) is 0 Å². The fraction of sp³-hybridized carbons (Fsp3) is 0.353. The lowest BCUT2D eigenvalue weighted by Crippen LogP contribution is -2.43. The smallest absolute Gasteiger partial charge is 0.320 e. The molecule has 23 heavy (non-hydrogen) atoms. The molecule has 0 bridgehead atoms. The number of likely N-dealkylation sites (N-methyl/N-ethyl adjacent to an activating group) is 1. The van der Waals surface area contributed by atoms with E-state index in [1.165, 1.54) is 0 Å². The molecule has 0 spiro atoms. The van der Waals surface area contributed by atoms with Gasteiger partial charge in [0.05, 0.1) is 6.04 Å². The molecule has 2 rings (SSSR count). The molecule has 0 aromatic heterocycles. The van der Waals surface area contributed by atoms with Crippen LogP contribution in [0.15, 0.2) is 43.1 Å². The van der Waals surface area contributed by atoms with Crippen LogP contribution < -0.4 is 10.6 Å². The molecule has 4 nitrogen and oxygen atoms in total. The Morgan fingerprint density at radius 1 is 1.48 bits per heavy atom. The molecule has 0 radical (unpaired) electrons. The van der Waals surface area contributed by atoms with Crippen molar-refractivity contribution in [2.24, 2.45) is 0 Å². The number of halogens is 2. The Labute approximate surface area is 134 Å². The Morgan fingerprint density at radius 3 is 2.78 bits per heavy atom. The number of hydrogen-bond donors (Lipinski definition) is 2. The highest BCUT2D eigenvalue weighted by molar-refractivity contribution is 5.79. The largest absolute Gasteiger partial charge is 0.366 e. The van der Waals surface area contributed by atoms with Gasteiger partial charge in [-0.3, -0.25) is 4.79 Å². The van der Waals surface area contributed by atoms with Crippen LogP contribution in [-0.2, 0) is 4.79 Å². The van der Waals surface area contributed by atoms with Crippen LogP contribution in [-0.4, -0.2) is 29.9 Å². The Balaban J connectivity index is 2.15. The second-order valence-electron chi connectivity index (χ2n) is 5.78. The van der Waals surface area contributed by atoms with E-state index in [1.54, 1.807) is 18.2 Å². The van der Waals surface area contributed by atoms with Gasteiger partial charge >= 0.3 is 6.05 Å². The van der Waals surface area contributed by atoms with Gasteiger partial charge in [0.15, 0.2) is 0 Å². The van der Waals surface area contributed by atoms with Crippen LogP contribution in [0.3, 0.4) is 0 Å². The van der Waals surface area contributed by atoms with Gasteiger partial charge in [-0.05, 0) is 24.1 Å². The topological polar surface area (TPSA) is 44.4 Å². The first kappa shape index (κ1) is 17.0. The van der Waals surface area contributed by atoms with Crippen molar-refractivity contribution in [2.45, 2.75) is 31.9 Å². The SMILES string of the molecule is C=C1NC(=O)CCC1N(C)C(=C)c1cccc(NC(C)(F)F)c1. The second kappa shape index (κ2) is 6.40. The molecule has 124 valence electrons. The first-order chi connectivity index (χ1) is 10.7. The zero-order valence-electron chi connectivity index (χ0n) is 13.3. The van der Waals surface area contributed by atoms with Crippen molar-refractivity contribution in [1.29, 1.82) is 0 Å². The lowest BCUT2D eigenvalue weighted by atomic mass is 10.0. The van der Waals surface area contributed by atoms with E-state index in [0.717, 1.165) is 12.5 Å². The van der Waals surface area contributed by atoms with E-state index in [0.29, 0.717) is 29.9 Å². The summed E-state index contributed by atoms with van der Waals surface area (Å²) in [5.74, 6) is -0.0402. The van der Waals surface area contributed by atoms with Crippen molar-refractivity contribution in [3.8, 4) is 0 Å². The average Bonchev–Trinajstić information content (AvgIpc) is 2.44. The van der Waals surface area contributed by atoms with E-state index in [-0.39, 0.29) is 11.9 Å². The lowest BCUT2D eigenvalue weighted by molar-refractivity contribution is -0.121. The molecule has 2 N–H and O–H groups in total. The molecule has 1 amide bonds. The normalized spacial score (nSPS) is 18.3. The number of amides is 1. The zero-order chi connectivity index (χ0) is 17.2. The fourth-order valence-electron chi connectivity index (χ4n) is 2.62. The number of alkyl halides is 2. The molecule has 1 aliphatic heterocycles. The van der Waals surface area contributed by atoms with Gasteiger partial charge in [0.1, 0.15) is 0 Å². The summed E-state index contributed by atoms with van der Waals surface area (Å²) in [7, 11) is 1.85. The highest BCUT2D eigenvalue weighted by Crippen LogP contribution is 2.27. The second-order valence-corrected chi connectivity index (χ2v) is 5.78. The van der Waals surface area contributed by atoms with Crippen molar-refractivity contribution < 1.29 is 13.6 Å². The van der Waals surface area contributed by atoms with Gasteiger partial charge in [-0.2, -0.15) is 8.78 Å². The van der Waals surface area contributed by atoms with Crippen molar-refractivity contribution in [3.05, 3.63) is 48.7 Å². The van der Waals surface area contributed by atoms with Gasteiger partial charge in [-0.25, -0.2) is 0 Å².